The van der Waals surface area contributed by atoms with Crippen molar-refractivity contribution in [3.63, 3.8) is 0 Å². The molecule has 0 saturated heterocycles. The second-order valence-electron chi connectivity index (χ2n) is 11.1. The van der Waals surface area contributed by atoms with E-state index in [2.05, 4.69) is 145 Å². The van der Waals surface area contributed by atoms with Gasteiger partial charge in [-0.25, -0.2) is 0 Å². The fourth-order valence-corrected chi connectivity index (χ4v) is 7.08. The molecule has 0 aliphatic carbocycles. The van der Waals surface area contributed by atoms with Gasteiger partial charge in [0.2, 0.25) is 0 Å². The smallest absolute Gasteiger partial charge is 0.141 e. The SMILES string of the molecule is Bc1c(C)c(-c2c3ccccc3c(-c3ccc(-c4ccccc4)c4ccccc34)c3ccccc23)c(C)c(B)c1S. The molecule has 0 bridgehead atoms. The minimum absolute atomic E-state index is 1.10. The Bertz CT molecular complexity index is 2060. The lowest BCUT2D eigenvalue weighted by atomic mass is 9.74. The van der Waals surface area contributed by atoms with Crippen LogP contribution in [0.3, 0.4) is 0 Å². The quantitative estimate of drug-likeness (QED) is 0.133. The highest BCUT2D eigenvalue weighted by molar-refractivity contribution is 7.80. The van der Waals surface area contributed by atoms with E-state index in [1.807, 2.05) is 0 Å². The molecule has 0 saturated carbocycles. The predicted octanol–water partition coefficient (Wildman–Crippen LogP) is 7.57. The maximum Gasteiger partial charge on any atom is 0.141 e. The highest BCUT2D eigenvalue weighted by Crippen LogP contribution is 2.47. The molecule has 7 aromatic carbocycles. The van der Waals surface area contributed by atoms with Crippen molar-refractivity contribution in [1.29, 1.82) is 0 Å². The lowest BCUT2D eigenvalue weighted by molar-refractivity contribution is 1.38. The van der Waals surface area contributed by atoms with Gasteiger partial charge in [-0.3, -0.25) is 0 Å². The Balaban J connectivity index is 1.64. The fraction of sp³-hybridized carbons (Fsp3) is 0.0526. The van der Waals surface area contributed by atoms with E-state index in [9.17, 15) is 0 Å². The Morgan fingerprint density at radius 3 is 1.32 bits per heavy atom. The highest BCUT2D eigenvalue weighted by Gasteiger charge is 2.22. The molecule has 7 aromatic rings. The zero-order valence-corrected chi connectivity index (χ0v) is 24.8. The molecule has 7 rings (SSSR count). The van der Waals surface area contributed by atoms with E-state index < -0.39 is 0 Å². The van der Waals surface area contributed by atoms with Crippen molar-refractivity contribution in [3.8, 4) is 33.4 Å². The van der Waals surface area contributed by atoms with E-state index in [4.69, 9.17) is 12.6 Å². The van der Waals surface area contributed by atoms with Crippen LogP contribution in [0.1, 0.15) is 11.1 Å². The van der Waals surface area contributed by atoms with Gasteiger partial charge in [-0.15, -0.1) is 12.6 Å². The van der Waals surface area contributed by atoms with Crippen LogP contribution in [-0.4, -0.2) is 15.7 Å². The van der Waals surface area contributed by atoms with Crippen LogP contribution in [0.15, 0.2) is 120 Å². The van der Waals surface area contributed by atoms with Gasteiger partial charge < -0.3 is 0 Å². The number of rotatable bonds is 3. The van der Waals surface area contributed by atoms with Crippen LogP contribution in [0.5, 0.6) is 0 Å². The molecule has 0 fully saturated rings. The van der Waals surface area contributed by atoms with Crippen LogP contribution in [0.25, 0.3) is 65.7 Å². The topological polar surface area (TPSA) is 0 Å². The summed E-state index contributed by atoms with van der Waals surface area (Å²) in [5, 5.41) is 7.68. The summed E-state index contributed by atoms with van der Waals surface area (Å²) in [6.07, 6.45) is 0. The van der Waals surface area contributed by atoms with E-state index >= 15 is 0 Å². The Morgan fingerprint density at radius 2 is 0.805 bits per heavy atom. The summed E-state index contributed by atoms with van der Waals surface area (Å²) >= 11 is 4.89. The van der Waals surface area contributed by atoms with Crippen LogP contribution in [0, 0.1) is 13.8 Å². The normalized spacial score (nSPS) is 11.5. The van der Waals surface area contributed by atoms with Gasteiger partial charge in [-0.05, 0) is 95.6 Å². The summed E-state index contributed by atoms with van der Waals surface area (Å²) < 4.78 is 0. The van der Waals surface area contributed by atoms with Crippen LogP contribution >= 0.6 is 12.6 Å². The van der Waals surface area contributed by atoms with Gasteiger partial charge in [-0.2, -0.15) is 0 Å². The number of hydrogen-bond donors (Lipinski definition) is 1. The summed E-state index contributed by atoms with van der Waals surface area (Å²) in [6, 6.07) is 42.1. The van der Waals surface area contributed by atoms with Crippen LogP contribution < -0.4 is 10.9 Å². The first-order valence-electron chi connectivity index (χ1n) is 14.3. The van der Waals surface area contributed by atoms with Gasteiger partial charge in [-0.1, -0.05) is 126 Å². The van der Waals surface area contributed by atoms with Gasteiger partial charge in [0.15, 0.2) is 0 Å². The van der Waals surface area contributed by atoms with Crippen molar-refractivity contribution in [2.75, 3.05) is 0 Å². The Hall–Kier alpha value is -4.20. The Kier molecular flexibility index (Phi) is 6.29. The standard InChI is InChI=1S/C38H30B2S/c1-22-33(23(2)37(40)38(41)36(22)39)35-30-18-10-8-16-28(30)34(29-17-9-11-19-31(29)35)32-21-20-25(24-12-4-3-5-13-24)26-14-6-7-15-27(26)32/h3-21,41H,39-40H2,1-2H3. The first kappa shape index (κ1) is 25.7. The van der Waals surface area contributed by atoms with Crippen molar-refractivity contribution >= 4 is 71.6 Å². The van der Waals surface area contributed by atoms with E-state index in [-0.39, 0.29) is 0 Å². The van der Waals surface area contributed by atoms with Gasteiger partial charge in [0, 0.05) is 0 Å². The summed E-state index contributed by atoms with van der Waals surface area (Å²) in [5.41, 5.74) is 12.8. The van der Waals surface area contributed by atoms with Gasteiger partial charge in [0.05, 0.1) is 0 Å². The fourth-order valence-electron chi connectivity index (χ4n) is 6.74. The molecule has 0 nitrogen and oxygen atoms in total. The molecular weight excluding hydrogens is 510 g/mol. The summed E-state index contributed by atoms with van der Waals surface area (Å²) in [5.74, 6) is 0. The maximum absolute atomic E-state index is 4.89. The second-order valence-corrected chi connectivity index (χ2v) is 11.6. The highest BCUT2D eigenvalue weighted by atomic mass is 32.1. The number of fused-ring (bicyclic) bond motifs is 3. The second kappa shape index (κ2) is 10.0. The molecule has 0 radical (unpaired) electrons. The number of hydrogen-bond acceptors (Lipinski definition) is 1. The van der Waals surface area contributed by atoms with E-state index in [0.717, 1.165) is 4.90 Å². The van der Waals surface area contributed by atoms with Crippen LogP contribution in [0.4, 0.5) is 0 Å². The molecule has 41 heavy (non-hydrogen) atoms. The predicted molar refractivity (Wildman–Crippen MR) is 188 cm³/mol. The molecule has 0 aliphatic rings. The zero-order valence-electron chi connectivity index (χ0n) is 23.9. The molecule has 0 spiro atoms. The third-order valence-electron chi connectivity index (χ3n) is 9.05. The average molecular weight is 540 g/mol. The minimum atomic E-state index is 1.10. The zero-order chi connectivity index (χ0) is 28.2. The number of thiol groups is 1. The molecule has 0 N–H and O–H groups in total. The van der Waals surface area contributed by atoms with E-state index in [1.165, 1.54) is 87.8 Å². The molecule has 0 heterocycles. The monoisotopic (exact) mass is 540 g/mol. The molecule has 0 atom stereocenters. The third kappa shape index (κ3) is 3.95. The van der Waals surface area contributed by atoms with Crippen LogP contribution in [-0.2, 0) is 0 Å². The van der Waals surface area contributed by atoms with E-state index in [0.29, 0.717) is 0 Å². The van der Waals surface area contributed by atoms with Crippen molar-refractivity contribution < 1.29 is 0 Å². The molecule has 0 amide bonds. The summed E-state index contributed by atoms with van der Waals surface area (Å²) in [6.45, 7) is 4.51. The lowest BCUT2D eigenvalue weighted by Gasteiger charge is -2.24. The lowest BCUT2D eigenvalue weighted by Crippen LogP contribution is -2.24. The maximum atomic E-state index is 4.89. The molecule has 0 aromatic heterocycles. The van der Waals surface area contributed by atoms with Crippen molar-refractivity contribution in [1.82, 2.24) is 0 Å². The van der Waals surface area contributed by atoms with Crippen molar-refractivity contribution in [2.45, 2.75) is 18.7 Å². The molecule has 0 aliphatic heterocycles. The molecule has 194 valence electrons. The number of benzene rings is 7. The third-order valence-corrected chi connectivity index (χ3v) is 9.72. The molecule has 3 heteroatoms. The van der Waals surface area contributed by atoms with Crippen molar-refractivity contribution in [3.05, 3.63) is 126 Å². The largest absolute Gasteiger partial charge is 0.145 e. The first-order valence-corrected chi connectivity index (χ1v) is 14.7. The summed E-state index contributed by atoms with van der Waals surface area (Å²) in [4.78, 5) is 1.10. The van der Waals surface area contributed by atoms with Gasteiger partial charge >= 0.3 is 0 Å². The minimum Gasteiger partial charge on any atom is -0.145 e. The average Bonchev–Trinajstić information content (AvgIpc) is 3.02. The van der Waals surface area contributed by atoms with Gasteiger partial charge in [0.25, 0.3) is 0 Å². The summed E-state index contributed by atoms with van der Waals surface area (Å²) in [7, 11) is 4.40. The Morgan fingerprint density at radius 1 is 0.415 bits per heavy atom. The molecule has 0 unspecified atom stereocenters. The van der Waals surface area contributed by atoms with Crippen molar-refractivity contribution in [2.24, 2.45) is 0 Å². The Labute approximate surface area is 249 Å². The van der Waals surface area contributed by atoms with Gasteiger partial charge in [0.1, 0.15) is 15.7 Å². The first-order chi connectivity index (χ1) is 20.0. The van der Waals surface area contributed by atoms with E-state index in [1.54, 1.807) is 0 Å². The van der Waals surface area contributed by atoms with Crippen LogP contribution in [0.2, 0.25) is 0 Å². The molecular formula is C38H30B2S.